The molecular formula is C13H17N3O3. The number of carbonyl (C=O) groups excluding carboxylic acids is 1. The summed E-state index contributed by atoms with van der Waals surface area (Å²) in [6.07, 6.45) is 0.273. The fraction of sp³-hybridized carbons (Fsp3) is 0.385. The number of nitrogens with zero attached hydrogens (tertiary/aromatic N) is 2. The SMILES string of the molecule is COc1cc(N)c(C(=O)N(C)CCC#N)cc1OC. The molecule has 1 aromatic rings. The minimum Gasteiger partial charge on any atom is -0.493 e. The van der Waals surface area contributed by atoms with Crippen LogP contribution in [0, 0.1) is 11.3 Å². The van der Waals surface area contributed by atoms with Crippen molar-refractivity contribution in [3.8, 4) is 17.6 Å². The highest BCUT2D eigenvalue weighted by molar-refractivity contribution is 5.99. The molecule has 1 rings (SSSR count). The van der Waals surface area contributed by atoms with E-state index < -0.39 is 0 Å². The molecule has 1 amide bonds. The number of rotatable bonds is 5. The van der Waals surface area contributed by atoms with Crippen LogP contribution in [0.25, 0.3) is 0 Å². The van der Waals surface area contributed by atoms with E-state index in [-0.39, 0.29) is 12.3 Å². The molecule has 0 radical (unpaired) electrons. The fourth-order valence-corrected chi connectivity index (χ4v) is 1.60. The molecule has 0 aliphatic heterocycles. The average molecular weight is 263 g/mol. The summed E-state index contributed by atoms with van der Waals surface area (Å²) >= 11 is 0. The molecule has 6 heteroatoms. The predicted octanol–water partition coefficient (Wildman–Crippen LogP) is 1.27. The molecule has 0 aliphatic carbocycles. The highest BCUT2D eigenvalue weighted by atomic mass is 16.5. The lowest BCUT2D eigenvalue weighted by Gasteiger charge is -2.18. The number of nitrogens with two attached hydrogens (primary N) is 1. The number of methoxy groups -OCH3 is 2. The standard InChI is InChI=1S/C13H17N3O3/c1-16(6-4-5-14)13(17)9-7-11(18-2)12(19-3)8-10(9)15/h7-8H,4,6,15H2,1-3H3. The van der Waals surface area contributed by atoms with Crippen LogP contribution in [-0.4, -0.2) is 38.6 Å². The van der Waals surface area contributed by atoms with E-state index in [0.717, 1.165) is 0 Å². The van der Waals surface area contributed by atoms with Crippen LogP contribution in [0.5, 0.6) is 11.5 Å². The van der Waals surface area contributed by atoms with Crippen molar-refractivity contribution >= 4 is 11.6 Å². The molecule has 0 saturated carbocycles. The van der Waals surface area contributed by atoms with Crippen molar-refractivity contribution in [2.45, 2.75) is 6.42 Å². The van der Waals surface area contributed by atoms with Crippen molar-refractivity contribution in [3.63, 3.8) is 0 Å². The topological polar surface area (TPSA) is 88.6 Å². The van der Waals surface area contributed by atoms with E-state index >= 15 is 0 Å². The van der Waals surface area contributed by atoms with Crippen LogP contribution in [-0.2, 0) is 0 Å². The van der Waals surface area contributed by atoms with Gasteiger partial charge in [0.25, 0.3) is 5.91 Å². The van der Waals surface area contributed by atoms with Gasteiger partial charge in [0.2, 0.25) is 0 Å². The first-order valence-electron chi connectivity index (χ1n) is 5.69. The molecule has 0 unspecified atom stereocenters. The lowest BCUT2D eigenvalue weighted by molar-refractivity contribution is 0.0798. The average Bonchev–Trinajstić information content (AvgIpc) is 2.43. The van der Waals surface area contributed by atoms with Gasteiger partial charge in [-0.3, -0.25) is 4.79 Å². The Bertz CT molecular complexity index is 509. The van der Waals surface area contributed by atoms with E-state index in [9.17, 15) is 4.79 Å². The molecule has 2 N–H and O–H groups in total. The van der Waals surface area contributed by atoms with E-state index in [1.165, 1.54) is 19.1 Å². The third kappa shape index (κ3) is 3.28. The van der Waals surface area contributed by atoms with Crippen molar-refractivity contribution in [2.24, 2.45) is 0 Å². The molecule has 0 heterocycles. The number of nitriles is 1. The van der Waals surface area contributed by atoms with Crippen LogP contribution >= 0.6 is 0 Å². The van der Waals surface area contributed by atoms with E-state index in [1.807, 2.05) is 6.07 Å². The van der Waals surface area contributed by atoms with Crippen LogP contribution < -0.4 is 15.2 Å². The van der Waals surface area contributed by atoms with Gasteiger partial charge in [0.15, 0.2) is 11.5 Å². The molecule has 1 aromatic carbocycles. The van der Waals surface area contributed by atoms with Gasteiger partial charge in [0, 0.05) is 25.3 Å². The molecule has 0 fully saturated rings. The Morgan fingerprint density at radius 2 is 1.95 bits per heavy atom. The van der Waals surface area contributed by atoms with Crippen LogP contribution in [0.15, 0.2) is 12.1 Å². The number of carbonyl (C=O) groups is 1. The summed E-state index contributed by atoms with van der Waals surface area (Å²) in [5.74, 6) is 0.652. The van der Waals surface area contributed by atoms with Crippen molar-refractivity contribution in [3.05, 3.63) is 17.7 Å². The summed E-state index contributed by atoms with van der Waals surface area (Å²) in [4.78, 5) is 13.6. The molecular weight excluding hydrogens is 246 g/mol. The molecule has 0 aromatic heterocycles. The summed E-state index contributed by atoms with van der Waals surface area (Å²) in [6.45, 7) is 0.350. The quantitative estimate of drug-likeness (QED) is 0.808. The summed E-state index contributed by atoms with van der Waals surface area (Å²) in [5, 5.41) is 8.52. The molecule has 0 spiro atoms. The first-order chi connectivity index (χ1) is 9.04. The van der Waals surface area contributed by atoms with Gasteiger partial charge in [-0.1, -0.05) is 0 Å². The van der Waals surface area contributed by atoms with Gasteiger partial charge in [-0.05, 0) is 6.07 Å². The van der Waals surface area contributed by atoms with Crippen molar-refractivity contribution < 1.29 is 14.3 Å². The molecule has 0 atom stereocenters. The van der Waals surface area contributed by atoms with Gasteiger partial charge in [0.1, 0.15) is 0 Å². The maximum atomic E-state index is 12.2. The van der Waals surface area contributed by atoms with Gasteiger partial charge < -0.3 is 20.1 Å². The van der Waals surface area contributed by atoms with Crippen molar-refractivity contribution in [1.29, 1.82) is 5.26 Å². The molecule has 102 valence electrons. The Balaban J connectivity index is 3.06. The first-order valence-corrected chi connectivity index (χ1v) is 5.69. The second kappa shape index (κ2) is 6.50. The second-order valence-corrected chi connectivity index (χ2v) is 3.93. The minimum absolute atomic E-state index is 0.256. The Morgan fingerprint density at radius 3 is 2.47 bits per heavy atom. The zero-order valence-corrected chi connectivity index (χ0v) is 11.3. The predicted molar refractivity (Wildman–Crippen MR) is 71.1 cm³/mol. The zero-order chi connectivity index (χ0) is 14.4. The Hall–Kier alpha value is -2.42. The number of benzene rings is 1. The zero-order valence-electron chi connectivity index (χ0n) is 11.3. The summed E-state index contributed by atoms with van der Waals surface area (Å²) in [5.41, 5.74) is 6.48. The third-order valence-corrected chi connectivity index (χ3v) is 2.69. The number of hydrogen-bond donors (Lipinski definition) is 1. The number of anilines is 1. The smallest absolute Gasteiger partial charge is 0.255 e. The monoisotopic (exact) mass is 263 g/mol. The van der Waals surface area contributed by atoms with E-state index in [0.29, 0.717) is 29.3 Å². The number of nitrogen functional groups attached to an aromatic ring is 1. The van der Waals surface area contributed by atoms with Crippen LogP contribution in [0.4, 0.5) is 5.69 Å². The van der Waals surface area contributed by atoms with Crippen LogP contribution in [0.3, 0.4) is 0 Å². The third-order valence-electron chi connectivity index (χ3n) is 2.69. The fourth-order valence-electron chi connectivity index (χ4n) is 1.60. The Labute approximate surface area is 112 Å². The van der Waals surface area contributed by atoms with Crippen LogP contribution in [0.1, 0.15) is 16.8 Å². The van der Waals surface area contributed by atoms with E-state index in [4.69, 9.17) is 20.5 Å². The highest BCUT2D eigenvalue weighted by Gasteiger charge is 2.18. The normalized spacial score (nSPS) is 9.58. The van der Waals surface area contributed by atoms with E-state index in [1.54, 1.807) is 19.2 Å². The minimum atomic E-state index is -0.256. The van der Waals surface area contributed by atoms with Gasteiger partial charge in [0.05, 0.1) is 32.3 Å². The van der Waals surface area contributed by atoms with Crippen LogP contribution in [0.2, 0.25) is 0 Å². The molecule has 0 aliphatic rings. The molecule has 0 saturated heterocycles. The van der Waals surface area contributed by atoms with Gasteiger partial charge in [-0.25, -0.2) is 0 Å². The summed E-state index contributed by atoms with van der Waals surface area (Å²) < 4.78 is 10.2. The van der Waals surface area contributed by atoms with Crippen molar-refractivity contribution in [1.82, 2.24) is 4.90 Å². The second-order valence-electron chi connectivity index (χ2n) is 3.93. The number of amides is 1. The van der Waals surface area contributed by atoms with Gasteiger partial charge in [-0.2, -0.15) is 5.26 Å². The Kier molecular flexibility index (Phi) is 5.01. The van der Waals surface area contributed by atoms with Gasteiger partial charge >= 0.3 is 0 Å². The molecule has 0 bridgehead atoms. The number of hydrogen-bond acceptors (Lipinski definition) is 5. The number of ether oxygens (including phenoxy) is 2. The lowest BCUT2D eigenvalue weighted by Crippen LogP contribution is -2.28. The summed E-state index contributed by atoms with van der Waals surface area (Å²) in [7, 11) is 4.61. The summed E-state index contributed by atoms with van der Waals surface area (Å²) in [6, 6.07) is 5.08. The molecule has 19 heavy (non-hydrogen) atoms. The maximum Gasteiger partial charge on any atom is 0.255 e. The highest BCUT2D eigenvalue weighted by Crippen LogP contribution is 2.32. The first kappa shape index (κ1) is 14.6. The lowest BCUT2D eigenvalue weighted by atomic mass is 10.1. The maximum absolute atomic E-state index is 12.2. The largest absolute Gasteiger partial charge is 0.493 e. The van der Waals surface area contributed by atoms with Gasteiger partial charge in [-0.15, -0.1) is 0 Å². The van der Waals surface area contributed by atoms with Crippen molar-refractivity contribution in [2.75, 3.05) is 33.5 Å². The van der Waals surface area contributed by atoms with E-state index in [2.05, 4.69) is 0 Å². The molecule has 6 nitrogen and oxygen atoms in total. The Morgan fingerprint density at radius 1 is 1.37 bits per heavy atom.